The number of hydrogen-bond acceptors (Lipinski definition) is 6. The minimum atomic E-state index is -1.18. The molecule has 42 heavy (non-hydrogen) atoms. The maximum Gasteiger partial charge on any atom is 0.326 e. The van der Waals surface area contributed by atoms with Crippen molar-refractivity contribution in [2.45, 2.75) is 110 Å². The molecule has 0 aromatic heterocycles. The van der Waals surface area contributed by atoms with Crippen LogP contribution in [0.3, 0.4) is 0 Å². The summed E-state index contributed by atoms with van der Waals surface area (Å²) in [5.74, 6) is -3.99. The summed E-state index contributed by atoms with van der Waals surface area (Å²) in [7, 11) is 0. The van der Waals surface area contributed by atoms with Crippen molar-refractivity contribution in [1.82, 2.24) is 20.9 Å². The van der Waals surface area contributed by atoms with Crippen LogP contribution in [0.5, 0.6) is 0 Å². The largest absolute Gasteiger partial charge is 0.480 e. The van der Waals surface area contributed by atoms with E-state index in [1.54, 1.807) is 20.8 Å². The van der Waals surface area contributed by atoms with Crippen LogP contribution in [-0.4, -0.2) is 76.2 Å². The number of ketones is 1. The Morgan fingerprint density at radius 3 is 2.10 bits per heavy atom. The van der Waals surface area contributed by atoms with Gasteiger partial charge in [-0.1, -0.05) is 66.7 Å². The summed E-state index contributed by atoms with van der Waals surface area (Å²) >= 11 is 0. The molecular weight excluding hydrogens is 542 g/mol. The molecule has 6 N–H and O–H groups in total. The topological polar surface area (TPSA) is 188 Å². The van der Waals surface area contributed by atoms with Crippen LogP contribution < -0.4 is 21.7 Å². The zero-order valence-corrected chi connectivity index (χ0v) is 25.4. The SMILES string of the molecule is CC(C)(C)[C@@H](NC(=O)N[C@H](C(=O)N1C[C@H]2[C@@H]([C@H]1C(=O)NC(CC1CC1)C(=O)C(N)=O)C2(C)C)C1CCCCC1)C(=O)O. The quantitative estimate of drug-likeness (QED) is 0.226. The molecule has 1 aliphatic heterocycles. The van der Waals surface area contributed by atoms with Crippen LogP contribution in [-0.2, 0) is 24.0 Å². The number of aliphatic carboxylic acids is 1. The van der Waals surface area contributed by atoms with Crippen molar-refractivity contribution >= 4 is 35.5 Å². The van der Waals surface area contributed by atoms with Crippen molar-refractivity contribution in [1.29, 1.82) is 0 Å². The normalized spacial score (nSPS) is 27.2. The van der Waals surface area contributed by atoms with Crippen molar-refractivity contribution in [3.8, 4) is 0 Å². The fourth-order valence-corrected chi connectivity index (χ4v) is 7.15. The highest BCUT2D eigenvalue weighted by atomic mass is 16.4. The zero-order chi connectivity index (χ0) is 31.1. The van der Waals surface area contributed by atoms with E-state index in [-0.39, 0.29) is 35.0 Å². The zero-order valence-electron chi connectivity index (χ0n) is 25.4. The van der Waals surface area contributed by atoms with E-state index in [0.717, 1.165) is 44.9 Å². The third kappa shape index (κ3) is 6.72. The second-order valence-electron chi connectivity index (χ2n) is 14.5. The highest BCUT2D eigenvalue weighted by molar-refractivity contribution is 6.37. The van der Waals surface area contributed by atoms with Crippen molar-refractivity contribution in [3.63, 3.8) is 0 Å². The lowest BCUT2D eigenvalue weighted by molar-refractivity contribution is -0.144. The molecule has 1 unspecified atom stereocenters. The monoisotopic (exact) mass is 589 g/mol. The highest BCUT2D eigenvalue weighted by Gasteiger charge is 2.69. The number of nitrogens with zero attached hydrogens (tertiary/aromatic N) is 1. The van der Waals surface area contributed by atoms with Crippen LogP contribution in [0.25, 0.3) is 0 Å². The van der Waals surface area contributed by atoms with Crippen LogP contribution in [0.2, 0.25) is 0 Å². The van der Waals surface area contributed by atoms with Gasteiger partial charge in [-0.15, -0.1) is 0 Å². The number of Topliss-reactive ketones (excluding diaryl/α,β-unsaturated/α-hetero) is 1. The van der Waals surface area contributed by atoms with Gasteiger partial charge in [0.2, 0.25) is 17.6 Å². The summed E-state index contributed by atoms with van der Waals surface area (Å²) in [4.78, 5) is 78.9. The van der Waals surface area contributed by atoms with Gasteiger partial charge in [0.1, 0.15) is 18.1 Å². The predicted octanol–water partition coefficient (Wildman–Crippen LogP) is 1.56. The fraction of sp³-hybridized carbons (Fsp3) is 0.800. The lowest BCUT2D eigenvalue weighted by atomic mass is 9.83. The summed E-state index contributed by atoms with van der Waals surface area (Å²) in [5.41, 5.74) is 4.32. The van der Waals surface area contributed by atoms with Gasteiger partial charge in [0, 0.05) is 6.54 Å². The van der Waals surface area contributed by atoms with Gasteiger partial charge in [-0.05, 0) is 53.8 Å². The number of carboxylic acid groups (broad SMARTS) is 1. The number of fused-ring (bicyclic) bond motifs is 1. The number of nitrogens with two attached hydrogens (primary N) is 1. The number of carbonyl (C=O) groups is 6. The van der Waals surface area contributed by atoms with E-state index >= 15 is 0 Å². The molecule has 4 aliphatic rings. The number of hydrogen-bond donors (Lipinski definition) is 5. The third-order valence-electron chi connectivity index (χ3n) is 9.96. The molecule has 1 heterocycles. The summed E-state index contributed by atoms with van der Waals surface area (Å²) in [6.45, 7) is 9.54. The Labute approximate surface area is 247 Å². The molecule has 0 aromatic rings. The number of nitrogens with one attached hydrogen (secondary N) is 3. The Morgan fingerprint density at radius 2 is 1.57 bits per heavy atom. The Hall–Kier alpha value is -3.18. The van der Waals surface area contributed by atoms with E-state index in [1.807, 2.05) is 13.8 Å². The minimum Gasteiger partial charge on any atom is -0.480 e. The van der Waals surface area contributed by atoms with Gasteiger partial charge in [-0.25, -0.2) is 9.59 Å². The van der Waals surface area contributed by atoms with E-state index in [4.69, 9.17) is 5.73 Å². The summed E-state index contributed by atoms with van der Waals surface area (Å²) in [6.07, 6.45) is 6.43. The second kappa shape index (κ2) is 11.8. The number of rotatable bonds is 11. The lowest BCUT2D eigenvalue weighted by Crippen LogP contribution is -2.61. The Morgan fingerprint density at radius 1 is 0.952 bits per heavy atom. The van der Waals surface area contributed by atoms with E-state index in [9.17, 15) is 33.9 Å². The highest BCUT2D eigenvalue weighted by Crippen LogP contribution is 2.65. The van der Waals surface area contributed by atoms with E-state index in [1.165, 1.54) is 4.90 Å². The average Bonchev–Trinajstić information content (AvgIpc) is 3.76. The van der Waals surface area contributed by atoms with Crippen molar-refractivity contribution < 1.29 is 33.9 Å². The second-order valence-corrected chi connectivity index (χ2v) is 14.5. The molecule has 0 spiro atoms. The molecular formula is C30H47N5O7. The van der Waals surface area contributed by atoms with Gasteiger partial charge in [0.25, 0.3) is 5.91 Å². The van der Waals surface area contributed by atoms with Crippen LogP contribution in [0, 0.1) is 34.5 Å². The maximum absolute atomic E-state index is 14.3. The van der Waals surface area contributed by atoms with Crippen LogP contribution in [0.1, 0.15) is 86.0 Å². The predicted molar refractivity (Wildman–Crippen MR) is 153 cm³/mol. The number of urea groups is 1. The Kier molecular flexibility index (Phi) is 8.95. The number of piperidine rings is 1. The van der Waals surface area contributed by atoms with Crippen molar-refractivity contribution in [3.05, 3.63) is 0 Å². The van der Waals surface area contributed by atoms with E-state index in [2.05, 4.69) is 16.0 Å². The molecule has 12 heteroatoms. The fourth-order valence-electron chi connectivity index (χ4n) is 7.15. The van der Waals surface area contributed by atoms with E-state index < -0.39 is 59.2 Å². The summed E-state index contributed by atoms with van der Waals surface area (Å²) in [5, 5.41) is 17.8. The molecule has 5 amide bonds. The number of amides is 5. The first-order valence-electron chi connectivity index (χ1n) is 15.3. The molecule has 0 aromatic carbocycles. The molecule has 3 saturated carbocycles. The molecule has 12 nitrogen and oxygen atoms in total. The van der Waals surface area contributed by atoms with Crippen molar-refractivity contribution in [2.75, 3.05) is 6.54 Å². The van der Waals surface area contributed by atoms with Crippen LogP contribution in [0.4, 0.5) is 4.79 Å². The number of primary amides is 1. The number of likely N-dealkylation sites (tertiary alicyclic amines) is 1. The third-order valence-corrected chi connectivity index (χ3v) is 9.96. The van der Waals surface area contributed by atoms with Gasteiger partial charge in [0.05, 0.1) is 6.04 Å². The first-order valence-corrected chi connectivity index (χ1v) is 15.3. The maximum atomic E-state index is 14.3. The number of carbonyl (C=O) groups excluding carboxylic acids is 5. The molecule has 4 fully saturated rings. The summed E-state index contributed by atoms with van der Waals surface area (Å²) < 4.78 is 0. The molecule has 0 radical (unpaired) electrons. The molecule has 0 bridgehead atoms. The summed E-state index contributed by atoms with van der Waals surface area (Å²) in [6, 6.07) is -4.76. The van der Waals surface area contributed by atoms with Gasteiger partial charge >= 0.3 is 12.0 Å². The average molecular weight is 590 g/mol. The van der Waals surface area contributed by atoms with Gasteiger partial charge in [0.15, 0.2) is 0 Å². The molecule has 4 rings (SSSR count). The van der Waals surface area contributed by atoms with Gasteiger partial charge in [-0.3, -0.25) is 19.2 Å². The lowest BCUT2D eigenvalue weighted by Gasteiger charge is -2.37. The molecule has 3 aliphatic carbocycles. The first kappa shape index (κ1) is 31.7. The minimum absolute atomic E-state index is 0.0732. The Bertz CT molecular complexity index is 1120. The standard InChI is InChI=1S/C30H47N5O7/c1-29(2,3)23(27(40)41)34-28(42)33-20(16-9-7-6-8-10-16)26(39)35-14-17-19(30(17,4)5)21(35)25(38)32-18(13-15-11-12-15)22(36)24(31)37/h15-21,23H,6-14H2,1-5H3,(H2,31,37)(H,32,38)(H,40,41)(H2,33,34,42)/t17-,18?,19-,20-,21-,23-/m0/s1. The Balaban J connectivity index is 1.56. The van der Waals surface area contributed by atoms with Gasteiger partial charge in [-0.2, -0.15) is 0 Å². The van der Waals surface area contributed by atoms with Crippen LogP contribution in [0.15, 0.2) is 0 Å². The van der Waals surface area contributed by atoms with Gasteiger partial charge < -0.3 is 31.7 Å². The molecule has 6 atom stereocenters. The van der Waals surface area contributed by atoms with Crippen LogP contribution >= 0.6 is 0 Å². The molecule has 234 valence electrons. The van der Waals surface area contributed by atoms with Crippen molar-refractivity contribution in [2.24, 2.45) is 40.2 Å². The van der Waals surface area contributed by atoms with E-state index in [0.29, 0.717) is 13.0 Å². The first-order chi connectivity index (χ1) is 19.5. The molecule has 1 saturated heterocycles. The smallest absolute Gasteiger partial charge is 0.326 e. The number of carboxylic acids is 1.